The average Bonchev–Trinajstić information content (AvgIpc) is 2.99. The molecular weight excluding hydrogens is 330 g/mol. The van der Waals surface area contributed by atoms with E-state index in [4.69, 9.17) is 4.42 Å². The van der Waals surface area contributed by atoms with E-state index in [0.717, 1.165) is 0 Å². The van der Waals surface area contributed by atoms with Gasteiger partial charge in [0.15, 0.2) is 0 Å². The predicted molar refractivity (Wildman–Crippen MR) is 91.9 cm³/mol. The van der Waals surface area contributed by atoms with E-state index in [-0.39, 0.29) is 10.8 Å². The van der Waals surface area contributed by atoms with Crippen molar-refractivity contribution in [1.29, 1.82) is 0 Å². The number of furan rings is 1. The summed E-state index contributed by atoms with van der Waals surface area (Å²) in [6, 6.07) is 9.30. The minimum Gasteiger partial charge on any atom is -0.465 e. The van der Waals surface area contributed by atoms with Crippen LogP contribution in [0.25, 0.3) is 6.08 Å². The molecule has 0 spiro atoms. The van der Waals surface area contributed by atoms with Crippen molar-refractivity contribution in [1.82, 2.24) is 4.83 Å². The molecule has 0 saturated heterocycles. The summed E-state index contributed by atoms with van der Waals surface area (Å²) in [4.78, 5) is 13.1. The van der Waals surface area contributed by atoms with Gasteiger partial charge in [-0.25, -0.2) is 4.83 Å². The summed E-state index contributed by atoms with van der Waals surface area (Å²) in [6.07, 6.45) is 4.65. The minimum absolute atomic E-state index is 0.0430. The molecule has 1 heterocycles. The number of amides is 1. The lowest BCUT2D eigenvalue weighted by Crippen LogP contribution is -2.18. The van der Waals surface area contributed by atoms with Crippen LogP contribution in [0.1, 0.15) is 19.6 Å². The number of hydrazone groups is 1. The van der Waals surface area contributed by atoms with Crippen molar-refractivity contribution < 1.29 is 17.6 Å². The third kappa shape index (κ3) is 5.10. The van der Waals surface area contributed by atoms with Gasteiger partial charge in [0, 0.05) is 12.6 Å². The first-order valence-corrected chi connectivity index (χ1v) is 8.49. The highest BCUT2D eigenvalue weighted by atomic mass is 32.2. The van der Waals surface area contributed by atoms with Crippen molar-refractivity contribution in [2.24, 2.45) is 5.10 Å². The smallest absolute Gasteiger partial charge is 0.276 e. The highest BCUT2D eigenvalue weighted by Gasteiger charge is 2.12. The number of carbonyl (C=O) groups excluding carboxylic acids is 1. The van der Waals surface area contributed by atoms with Gasteiger partial charge in [-0.2, -0.15) is 13.5 Å². The number of sulfonamides is 1. The number of carbonyl (C=O) groups is 1. The number of allylic oxidation sites excluding steroid dienone is 1. The van der Waals surface area contributed by atoms with Crippen LogP contribution in [0, 0.1) is 0 Å². The number of benzene rings is 1. The molecule has 0 fully saturated rings. The zero-order valence-corrected chi connectivity index (χ0v) is 14.0. The van der Waals surface area contributed by atoms with Crippen molar-refractivity contribution in [3.05, 3.63) is 54.0 Å². The molecule has 7 nitrogen and oxygen atoms in total. The first kappa shape index (κ1) is 17.5. The van der Waals surface area contributed by atoms with E-state index in [0.29, 0.717) is 17.0 Å². The number of nitrogens with zero attached hydrogens (tertiary/aromatic N) is 1. The second-order valence-corrected chi connectivity index (χ2v) is 6.62. The summed E-state index contributed by atoms with van der Waals surface area (Å²) >= 11 is 0. The van der Waals surface area contributed by atoms with Crippen molar-refractivity contribution in [3.63, 3.8) is 0 Å². The summed E-state index contributed by atoms with van der Waals surface area (Å²) in [7, 11) is -3.77. The Labute approximate surface area is 140 Å². The molecule has 1 aromatic heterocycles. The van der Waals surface area contributed by atoms with E-state index in [1.54, 1.807) is 31.4 Å². The molecule has 8 heteroatoms. The largest absolute Gasteiger partial charge is 0.465 e. The fourth-order valence-corrected chi connectivity index (χ4v) is 2.60. The first-order valence-electron chi connectivity index (χ1n) is 7.01. The maximum atomic E-state index is 12.1. The van der Waals surface area contributed by atoms with Crippen molar-refractivity contribution in [2.45, 2.75) is 18.7 Å². The summed E-state index contributed by atoms with van der Waals surface area (Å²) in [5.41, 5.74) is 1.23. The Bertz CT molecular complexity index is 851. The fourth-order valence-electron chi connectivity index (χ4n) is 1.81. The standard InChI is InChI=1S/C16H17N3O4S/c1-12(10-15-4-3-9-23-15)11-17-19-24(21,22)16-7-5-14(6-8-16)18-13(2)20/h3-11,19H,1-2H3,(H,18,20)/b12-10+,17-11?. The van der Waals surface area contributed by atoms with E-state index in [1.807, 2.05) is 0 Å². The van der Waals surface area contributed by atoms with Crippen LogP contribution in [-0.2, 0) is 14.8 Å². The molecule has 0 bridgehead atoms. The maximum absolute atomic E-state index is 12.1. The van der Waals surface area contributed by atoms with Gasteiger partial charge in [-0.15, -0.1) is 0 Å². The number of hydrogen-bond donors (Lipinski definition) is 2. The number of anilines is 1. The van der Waals surface area contributed by atoms with Gasteiger partial charge in [-0.3, -0.25) is 4.79 Å². The molecule has 0 saturated carbocycles. The molecule has 126 valence electrons. The zero-order valence-electron chi connectivity index (χ0n) is 13.2. The van der Waals surface area contributed by atoms with Crippen LogP contribution in [0.5, 0.6) is 0 Å². The van der Waals surface area contributed by atoms with E-state index in [9.17, 15) is 13.2 Å². The van der Waals surface area contributed by atoms with Crippen LogP contribution in [0.4, 0.5) is 5.69 Å². The Kier molecular flexibility index (Phi) is 5.54. The Morgan fingerprint density at radius 1 is 1.17 bits per heavy atom. The number of rotatable bonds is 6. The monoisotopic (exact) mass is 347 g/mol. The van der Waals surface area contributed by atoms with Gasteiger partial charge in [0.25, 0.3) is 10.0 Å². The average molecular weight is 347 g/mol. The normalized spacial score (nSPS) is 12.3. The number of nitrogens with one attached hydrogen (secondary N) is 2. The lowest BCUT2D eigenvalue weighted by Gasteiger charge is -2.05. The van der Waals surface area contributed by atoms with E-state index < -0.39 is 10.0 Å². The van der Waals surface area contributed by atoms with Gasteiger partial charge in [0.1, 0.15) is 5.76 Å². The van der Waals surface area contributed by atoms with Gasteiger partial charge in [0.2, 0.25) is 5.91 Å². The van der Waals surface area contributed by atoms with Gasteiger partial charge < -0.3 is 9.73 Å². The zero-order chi connectivity index (χ0) is 17.6. The van der Waals surface area contributed by atoms with E-state index in [1.165, 1.54) is 37.4 Å². The molecular formula is C16H17N3O4S. The molecule has 0 unspecified atom stereocenters. The lowest BCUT2D eigenvalue weighted by atomic mass is 10.3. The Morgan fingerprint density at radius 3 is 2.46 bits per heavy atom. The van der Waals surface area contributed by atoms with E-state index >= 15 is 0 Å². The van der Waals surface area contributed by atoms with E-state index in [2.05, 4.69) is 15.2 Å². The third-order valence-electron chi connectivity index (χ3n) is 2.84. The molecule has 2 rings (SSSR count). The van der Waals surface area contributed by atoms with Gasteiger partial charge in [0.05, 0.1) is 17.4 Å². The Balaban J connectivity index is 2.03. The van der Waals surface area contributed by atoms with Crippen LogP contribution < -0.4 is 10.1 Å². The fraction of sp³-hybridized carbons (Fsp3) is 0.125. The SMILES string of the molecule is CC(=O)Nc1ccc(S(=O)(=O)NN=C/C(C)=C/c2ccco2)cc1. The molecule has 0 aliphatic heterocycles. The van der Waals surface area contributed by atoms with Crippen LogP contribution in [0.3, 0.4) is 0 Å². The quantitative estimate of drug-likeness (QED) is 0.619. The summed E-state index contributed by atoms with van der Waals surface area (Å²) in [5.74, 6) is 0.419. The molecule has 2 N–H and O–H groups in total. The van der Waals surface area contributed by atoms with Gasteiger partial charge in [-0.1, -0.05) is 0 Å². The highest BCUT2D eigenvalue weighted by Crippen LogP contribution is 2.14. The predicted octanol–water partition coefficient (Wildman–Crippen LogP) is 2.61. The topological polar surface area (TPSA) is 101 Å². The molecule has 0 radical (unpaired) electrons. The Hall–Kier alpha value is -2.87. The van der Waals surface area contributed by atoms with Crippen LogP contribution in [0.15, 0.2) is 62.6 Å². The molecule has 0 atom stereocenters. The third-order valence-corrected chi connectivity index (χ3v) is 4.08. The number of hydrogen-bond acceptors (Lipinski definition) is 5. The molecule has 2 aromatic rings. The summed E-state index contributed by atoms with van der Waals surface area (Å²) in [6.45, 7) is 3.14. The second kappa shape index (κ2) is 7.60. The lowest BCUT2D eigenvalue weighted by molar-refractivity contribution is -0.114. The van der Waals surface area contributed by atoms with Crippen molar-refractivity contribution >= 4 is 33.9 Å². The highest BCUT2D eigenvalue weighted by molar-refractivity contribution is 7.89. The molecule has 0 aliphatic carbocycles. The second-order valence-electron chi connectivity index (χ2n) is 4.96. The van der Waals surface area contributed by atoms with Crippen molar-refractivity contribution in [3.8, 4) is 0 Å². The first-order chi connectivity index (χ1) is 11.4. The van der Waals surface area contributed by atoms with Crippen LogP contribution in [0.2, 0.25) is 0 Å². The molecule has 24 heavy (non-hydrogen) atoms. The van der Waals surface area contributed by atoms with Crippen molar-refractivity contribution in [2.75, 3.05) is 5.32 Å². The van der Waals surface area contributed by atoms with Gasteiger partial charge in [-0.05, 0) is 55.0 Å². The molecule has 0 aliphatic rings. The summed E-state index contributed by atoms with van der Waals surface area (Å²) < 4.78 is 29.4. The summed E-state index contributed by atoms with van der Waals surface area (Å²) in [5, 5.41) is 6.29. The maximum Gasteiger partial charge on any atom is 0.276 e. The van der Waals surface area contributed by atoms with Crippen LogP contribution >= 0.6 is 0 Å². The Morgan fingerprint density at radius 2 is 1.88 bits per heavy atom. The van der Waals surface area contributed by atoms with Crippen LogP contribution in [-0.4, -0.2) is 20.5 Å². The molecule has 1 aromatic carbocycles. The minimum atomic E-state index is -3.77. The molecule has 1 amide bonds. The van der Waals surface area contributed by atoms with Gasteiger partial charge >= 0.3 is 0 Å².